The average molecular weight is 409 g/mol. The monoisotopic (exact) mass is 408 g/mol. The van der Waals surface area contributed by atoms with Gasteiger partial charge in [0.25, 0.3) is 0 Å². The molecule has 0 fully saturated rings. The van der Waals surface area contributed by atoms with Gasteiger partial charge in [0.1, 0.15) is 13.2 Å². The predicted molar refractivity (Wildman–Crippen MR) is 97.3 cm³/mol. The third kappa shape index (κ3) is 3.24. The molecule has 1 atom stereocenters. The number of imidazole rings is 1. The van der Waals surface area contributed by atoms with E-state index >= 15 is 0 Å². The number of para-hydroxylation sites is 2. The molecule has 0 N–H and O–H groups in total. The molecule has 0 amide bonds. The summed E-state index contributed by atoms with van der Waals surface area (Å²) in [5.41, 5.74) is 0.779. The Labute approximate surface area is 163 Å². The number of fused-ring (bicyclic) bond motifs is 2. The van der Waals surface area contributed by atoms with Crippen LogP contribution in [0.4, 0.5) is 8.78 Å². The van der Waals surface area contributed by atoms with Crippen molar-refractivity contribution < 1.29 is 27.8 Å². The van der Waals surface area contributed by atoms with E-state index in [0.717, 1.165) is 4.57 Å². The van der Waals surface area contributed by atoms with E-state index < -0.39 is 18.6 Å². The Kier molecular flexibility index (Phi) is 4.80. The number of rotatable bonds is 4. The van der Waals surface area contributed by atoms with Gasteiger partial charge in [-0.15, -0.1) is 0 Å². The maximum absolute atomic E-state index is 13.6. The third-order valence-corrected chi connectivity index (χ3v) is 4.58. The lowest BCUT2D eigenvalue weighted by Crippen LogP contribution is -2.17. The van der Waals surface area contributed by atoms with E-state index in [0.29, 0.717) is 30.2 Å². The Morgan fingerprint density at radius 3 is 2.79 bits per heavy atom. The first-order chi connectivity index (χ1) is 13.5. The number of hydrogen-bond acceptors (Lipinski definition) is 5. The molecule has 1 aliphatic heterocycles. The van der Waals surface area contributed by atoms with Gasteiger partial charge in [0.2, 0.25) is 0 Å². The van der Waals surface area contributed by atoms with Crippen LogP contribution in [0.25, 0.3) is 11.0 Å². The van der Waals surface area contributed by atoms with Gasteiger partial charge in [0, 0.05) is 0 Å². The number of nitrogens with zero attached hydrogens (tertiary/aromatic N) is 2. The molecule has 2 heterocycles. The SMILES string of the molecule is CC(OC(=O)c1cc(Cl)c2c(c1)OCCO2)c1nc2ccccc2n1C(F)F. The number of ether oxygens (including phenoxy) is 3. The Morgan fingerprint density at radius 1 is 1.25 bits per heavy atom. The Hall–Kier alpha value is -2.87. The molecule has 0 aliphatic carbocycles. The highest BCUT2D eigenvalue weighted by Gasteiger charge is 2.26. The molecule has 1 aliphatic rings. The molecule has 9 heteroatoms. The van der Waals surface area contributed by atoms with E-state index in [1.54, 1.807) is 18.2 Å². The number of benzene rings is 2. The van der Waals surface area contributed by atoms with E-state index in [4.69, 9.17) is 25.8 Å². The van der Waals surface area contributed by atoms with Crippen molar-refractivity contribution >= 4 is 28.6 Å². The summed E-state index contributed by atoms with van der Waals surface area (Å²) in [6, 6.07) is 9.33. The molecule has 2 aromatic carbocycles. The maximum Gasteiger partial charge on any atom is 0.339 e. The first-order valence-corrected chi connectivity index (χ1v) is 8.88. The first-order valence-electron chi connectivity index (χ1n) is 8.51. The van der Waals surface area contributed by atoms with Gasteiger partial charge < -0.3 is 14.2 Å². The van der Waals surface area contributed by atoms with Crippen molar-refractivity contribution in [3.63, 3.8) is 0 Å². The molecule has 0 radical (unpaired) electrons. The summed E-state index contributed by atoms with van der Waals surface area (Å²) in [6.07, 6.45) is -1.01. The molecule has 0 spiro atoms. The summed E-state index contributed by atoms with van der Waals surface area (Å²) >= 11 is 6.14. The minimum absolute atomic E-state index is 0.0480. The van der Waals surface area contributed by atoms with Crippen LogP contribution in [-0.4, -0.2) is 28.7 Å². The molecule has 4 rings (SSSR count). The van der Waals surface area contributed by atoms with Gasteiger partial charge in [0.15, 0.2) is 23.4 Å². The number of alkyl halides is 2. The van der Waals surface area contributed by atoms with Crippen LogP contribution in [0.3, 0.4) is 0 Å². The van der Waals surface area contributed by atoms with Crippen LogP contribution in [0, 0.1) is 0 Å². The normalized spacial score (nSPS) is 14.3. The van der Waals surface area contributed by atoms with Crippen molar-refractivity contribution in [3.05, 3.63) is 52.8 Å². The zero-order valence-corrected chi connectivity index (χ0v) is 15.5. The highest BCUT2D eigenvalue weighted by atomic mass is 35.5. The summed E-state index contributed by atoms with van der Waals surface area (Å²) in [5, 5.41) is 0.205. The molecule has 1 aromatic heterocycles. The van der Waals surface area contributed by atoms with Gasteiger partial charge >= 0.3 is 12.5 Å². The molecule has 1 unspecified atom stereocenters. The van der Waals surface area contributed by atoms with E-state index in [-0.39, 0.29) is 21.9 Å². The average Bonchev–Trinajstić information content (AvgIpc) is 3.08. The summed E-state index contributed by atoms with van der Waals surface area (Å²) < 4.78 is 44.2. The lowest BCUT2D eigenvalue weighted by molar-refractivity contribution is 0.0232. The molecule has 0 bridgehead atoms. The van der Waals surface area contributed by atoms with Gasteiger partial charge in [-0.05, 0) is 31.2 Å². The molecule has 0 saturated carbocycles. The standard InChI is InChI=1S/C19H15ClF2N2O4/c1-10(17-23-13-4-2-3-5-14(13)24(17)19(21)22)28-18(25)11-8-12(20)16-15(9-11)26-6-7-27-16/h2-5,8-10,19H,6-7H2,1H3. The van der Waals surface area contributed by atoms with Crippen molar-refractivity contribution in [2.45, 2.75) is 19.6 Å². The lowest BCUT2D eigenvalue weighted by atomic mass is 10.2. The lowest BCUT2D eigenvalue weighted by Gasteiger charge is -2.20. The summed E-state index contributed by atoms with van der Waals surface area (Å²) in [4.78, 5) is 16.8. The van der Waals surface area contributed by atoms with E-state index in [2.05, 4.69) is 4.98 Å². The molecule has 6 nitrogen and oxygen atoms in total. The second-order valence-electron chi connectivity index (χ2n) is 6.14. The zero-order chi connectivity index (χ0) is 19.8. The first kappa shape index (κ1) is 18.5. The highest BCUT2D eigenvalue weighted by molar-refractivity contribution is 6.32. The topological polar surface area (TPSA) is 62.6 Å². The van der Waals surface area contributed by atoms with E-state index in [1.165, 1.54) is 25.1 Å². The fourth-order valence-corrected chi connectivity index (χ4v) is 3.33. The van der Waals surface area contributed by atoms with E-state index in [9.17, 15) is 13.6 Å². The Balaban J connectivity index is 1.63. The van der Waals surface area contributed by atoms with Crippen molar-refractivity contribution in [1.29, 1.82) is 0 Å². The zero-order valence-electron chi connectivity index (χ0n) is 14.7. The second kappa shape index (κ2) is 7.27. The van der Waals surface area contributed by atoms with Crippen LogP contribution in [0.15, 0.2) is 36.4 Å². The van der Waals surface area contributed by atoms with Gasteiger partial charge in [-0.3, -0.25) is 4.57 Å². The van der Waals surface area contributed by atoms with Crippen LogP contribution in [0.1, 0.15) is 35.8 Å². The fraction of sp³-hybridized carbons (Fsp3) is 0.263. The smallest absolute Gasteiger partial charge is 0.339 e. The maximum atomic E-state index is 13.6. The molecule has 0 saturated heterocycles. The van der Waals surface area contributed by atoms with Gasteiger partial charge in [-0.1, -0.05) is 23.7 Å². The third-order valence-electron chi connectivity index (χ3n) is 4.30. The summed E-state index contributed by atoms with van der Waals surface area (Å²) in [5.74, 6) is -0.0948. The number of carbonyl (C=O) groups is 1. The molecular weight excluding hydrogens is 394 g/mol. The highest BCUT2D eigenvalue weighted by Crippen LogP contribution is 2.39. The molecule has 28 heavy (non-hydrogen) atoms. The van der Waals surface area contributed by atoms with Crippen LogP contribution in [0.2, 0.25) is 5.02 Å². The molecular formula is C19H15ClF2N2O4. The van der Waals surface area contributed by atoms with E-state index in [1.807, 2.05) is 0 Å². The number of halogens is 3. The predicted octanol–water partition coefficient (Wildman–Crippen LogP) is 4.77. The minimum Gasteiger partial charge on any atom is -0.486 e. The van der Waals surface area contributed by atoms with Crippen LogP contribution < -0.4 is 9.47 Å². The fourth-order valence-electron chi connectivity index (χ4n) is 3.07. The Bertz CT molecular complexity index is 1050. The molecule has 3 aromatic rings. The van der Waals surface area contributed by atoms with Crippen molar-refractivity contribution in [3.8, 4) is 11.5 Å². The van der Waals surface area contributed by atoms with Gasteiger partial charge in [0.05, 0.1) is 21.6 Å². The summed E-state index contributed by atoms with van der Waals surface area (Å²) in [7, 11) is 0. The van der Waals surface area contributed by atoms with Crippen molar-refractivity contribution in [2.75, 3.05) is 13.2 Å². The van der Waals surface area contributed by atoms with Crippen LogP contribution in [0.5, 0.6) is 11.5 Å². The quantitative estimate of drug-likeness (QED) is 0.582. The van der Waals surface area contributed by atoms with Gasteiger partial charge in [-0.25, -0.2) is 9.78 Å². The van der Waals surface area contributed by atoms with Crippen molar-refractivity contribution in [2.24, 2.45) is 0 Å². The van der Waals surface area contributed by atoms with Crippen LogP contribution >= 0.6 is 11.6 Å². The Morgan fingerprint density at radius 2 is 2.00 bits per heavy atom. The second-order valence-corrected chi connectivity index (χ2v) is 6.54. The molecule has 146 valence electrons. The number of hydrogen-bond donors (Lipinski definition) is 0. The number of esters is 1. The summed E-state index contributed by atoms with van der Waals surface area (Å²) in [6.45, 7) is -0.654. The van der Waals surface area contributed by atoms with Gasteiger partial charge in [-0.2, -0.15) is 8.78 Å². The van der Waals surface area contributed by atoms with Crippen molar-refractivity contribution in [1.82, 2.24) is 9.55 Å². The van der Waals surface area contributed by atoms with Crippen LogP contribution in [-0.2, 0) is 4.74 Å². The number of carbonyl (C=O) groups excluding carboxylic acids is 1. The minimum atomic E-state index is -2.83. The number of aromatic nitrogens is 2. The largest absolute Gasteiger partial charge is 0.486 e.